The van der Waals surface area contributed by atoms with Crippen LogP contribution in [0.4, 0.5) is 0 Å². The van der Waals surface area contributed by atoms with E-state index in [-0.39, 0.29) is 30.8 Å². The van der Waals surface area contributed by atoms with Gasteiger partial charge in [-0.2, -0.15) is 0 Å². The van der Waals surface area contributed by atoms with E-state index in [4.69, 9.17) is 14.6 Å². The van der Waals surface area contributed by atoms with E-state index in [1.165, 1.54) is 31.2 Å². The Hall–Kier alpha value is -3.16. The Balaban J connectivity index is 2.35. The monoisotopic (exact) mass is 350 g/mol. The summed E-state index contributed by atoms with van der Waals surface area (Å²) in [5, 5.41) is 9.01. The maximum absolute atomic E-state index is 11.9. The normalized spacial score (nSPS) is 11.1. The topological polar surface area (TPSA) is 116 Å². The number of carboxylic acids is 1. The van der Waals surface area contributed by atoms with Crippen LogP contribution >= 0.6 is 0 Å². The number of hydrogen-bond donors (Lipinski definition) is 1. The Kier molecular flexibility index (Phi) is 7.85. The molecule has 0 saturated heterocycles. The summed E-state index contributed by atoms with van der Waals surface area (Å²) in [6.45, 7) is 4.44. The number of rotatable bonds is 9. The van der Waals surface area contributed by atoms with Crippen LogP contribution in [0.5, 0.6) is 0 Å². The van der Waals surface area contributed by atoms with E-state index in [1.807, 2.05) is 0 Å². The lowest BCUT2D eigenvalue weighted by molar-refractivity contribution is -0.164. The molecule has 1 N–H and O–H groups in total. The fourth-order valence-electron chi connectivity index (χ4n) is 1.71. The summed E-state index contributed by atoms with van der Waals surface area (Å²) in [4.78, 5) is 45.4. The molecule has 134 valence electrons. The average molecular weight is 350 g/mol. The van der Waals surface area contributed by atoms with Gasteiger partial charge < -0.3 is 19.3 Å². The van der Waals surface area contributed by atoms with Crippen molar-refractivity contribution in [1.82, 2.24) is 0 Å². The second-order valence-electron chi connectivity index (χ2n) is 4.79. The summed E-state index contributed by atoms with van der Waals surface area (Å²) < 4.78 is 14.5. The Morgan fingerprint density at radius 3 is 2.32 bits per heavy atom. The predicted molar refractivity (Wildman–Crippen MR) is 85.0 cm³/mol. The van der Waals surface area contributed by atoms with E-state index in [0.717, 1.165) is 6.08 Å². The highest BCUT2D eigenvalue weighted by molar-refractivity contribution is 6.02. The Labute approximate surface area is 144 Å². The molecular weight excluding hydrogens is 332 g/mol. The van der Waals surface area contributed by atoms with Crippen molar-refractivity contribution in [2.45, 2.75) is 19.4 Å². The van der Waals surface area contributed by atoms with Crippen molar-refractivity contribution in [2.24, 2.45) is 0 Å². The maximum atomic E-state index is 11.9. The molecule has 1 rings (SSSR count). The van der Waals surface area contributed by atoms with E-state index in [1.54, 1.807) is 0 Å². The highest BCUT2D eigenvalue weighted by Gasteiger charge is 2.18. The Morgan fingerprint density at radius 2 is 1.72 bits per heavy atom. The summed E-state index contributed by atoms with van der Waals surface area (Å²) in [5.41, 5.74) is -0.214. The number of esters is 3. The van der Waals surface area contributed by atoms with Gasteiger partial charge in [-0.3, -0.25) is 0 Å². The van der Waals surface area contributed by atoms with Gasteiger partial charge in [0.05, 0.1) is 24.3 Å². The van der Waals surface area contributed by atoms with Crippen LogP contribution < -0.4 is 0 Å². The summed E-state index contributed by atoms with van der Waals surface area (Å²) in [5.74, 6) is -3.49. The van der Waals surface area contributed by atoms with Gasteiger partial charge in [-0.05, 0) is 19.1 Å². The molecule has 0 aliphatic heterocycles. The molecule has 0 bridgehead atoms. The lowest BCUT2D eigenvalue weighted by Gasteiger charge is -2.11. The largest absolute Gasteiger partial charge is 0.478 e. The van der Waals surface area contributed by atoms with Gasteiger partial charge in [0.15, 0.2) is 6.10 Å². The number of benzene rings is 1. The predicted octanol–water partition coefficient (Wildman–Crippen LogP) is 1.59. The lowest BCUT2D eigenvalue weighted by Crippen LogP contribution is -2.26. The molecule has 0 aromatic heterocycles. The molecule has 1 unspecified atom stereocenters. The molecule has 0 radical (unpaired) electrons. The molecule has 8 heteroatoms. The van der Waals surface area contributed by atoms with E-state index in [2.05, 4.69) is 11.3 Å². The van der Waals surface area contributed by atoms with Crippen LogP contribution in [0.15, 0.2) is 36.9 Å². The second-order valence-corrected chi connectivity index (χ2v) is 4.79. The van der Waals surface area contributed by atoms with Gasteiger partial charge in [0, 0.05) is 12.5 Å². The van der Waals surface area contributed by atoms with Crippen molar-refractivity contribution >= 4 is 23.9 Å². The summed E-state index contributed by atoms with van der Waals surface area (Å²) in [6, 6.07) is 5.67. The van der Waals surface area contributed by atoms with Gasteiger partial charge in [-0.1, -0.05) is 18.7 Å². The molecule has 1 aromatic rings. The number of carboxylic acid groups (broad SMARTS) is 1. The van der Waals surface area contributed by atoms with Crippen molar-refractivity contribution < 1.29 is 38.5 Å². The number of carbonyl (C=O) groups is 4. The third-order valence-electron chi connectivity index (χ3n) is 2.94. The molecule has 25 heavy (non-hydrogen) atoms. The minimum Gasteiger partial charge on any atom is -0.478 e. The molecule has 1 atom stereocenters. The van der Waals surface area contributed by atoms with Crippen LogP contribution in [0.2, 0.25) is 0 Å². The summed E-state index contributed by atoms with van der Waals surface area (Å²) >= 11 is 0. The molecule has 0 aliphatic rings. The first kappa shape index (κ1) is 19.9. The second kappa shape index (κ2) is 9.86. The van der Waals surface area contributed by atoms with E-state index in [0.29, 0.717) is 0 Å². The van der Waals surface area contributed by atoms with E-state index < -0.39 is 30.0 Å². The van der Waals surface area contributed by atoms with Crippen LogP contribution in [0, 0.1) is 0 Å². The first-order valence-electron chi connectivity index (χ1n) is 7.36. The molecular formula is C17H18O8. The fourth-order valence-corrected chi connectivity index (χ4v) is 1.71. The Bertz CT molecular complexity index is 664. The third-order valence-corrected chi connectivity index (χ3v) is 2.94. The van der Waals surface area contributed by atoms with Gasteiger partial charge in [-0.25, -0.2) is 19.2 Å². The van der Waals surface area contributed by atoms with Gasteiger partial charge in [0.2, 0.25) is 0 Å². The number of carbonyl (C=O) groups excluding carboxylic acids is 3. The molecule has 8 nitrogen and oxygen atoms in total. The van der Waals surface area contributed by atoms with E-state index in [9.17, 15) is 19.2 Å². The maximum Gasteiger partial charge on any atom is 0.347 e. The summed E-state index contributed by atoms with van der Waals surface area (Å²) in [7, 11) is 0. The third kappa shape index (κ3) is 6.46. The SMILES string of the molecule is C=CC(=O)OC(C)C(=O)OCCCOC(=O)c1ccccc1C(=O)O. The molecule has 0 aliphatic carbocycles. The van der Waals surface area contributed by atoms with Crippen LogP contribution in [-0.2, 0) is 23.8 Å². The fraction of sp³-hybridized carbons (Fsp3) is 0.294. The zero-order chi connectivity index (χ0) is 18.8. The summed E-state index contributed by atoms with van der Waals surface area (Å²) in [6.07, 6.45) is 0.0584. The Morgan fingerprint density at radius 1 is 1.12 bits per heavy atom. The van der Waals surface area contributed by atoms with Gasteiger partial charge in [0.1, 0.15) is 0 Å². The highest BCUT2D eigenvalue weighted by Crippen LogP contribution is 2.10. The standard InChI is InChI=1S/C17H18O8/c1-3-14(18)25-11(2)16(21)23-9-6-10-24-17(22)13-8-5-4-7-12(13)15(19)20/h3-5,7-8,11H,1,6,9-10H2,2H3,(H,19,20). The van der Waals surface area contributed by atoms with Crippen molar-refractivity contribution in [3.8, 4) is 0 Å². The van der Waals surface area contributed by atoms with Crippen molar-refractivity contribution in [2.75, 3.05) is 13.2 Å². The van der Waals surface area contributed by atoms with Crippen LogP contribution in [0.3, 0.4) is 0 Å². The van der Waals surface area contributed by atoms with Gasteiger partial charge >= 0.3 is 23.9 Å². The van der Waals surface area contributed by atoms with E-state index >= 15 is 0 Å². The first-order chi connectivity index (χ1) is 11.9. The van der Waals surface area contributed by atoms with Crippen LogP contribution in [0.25, 0.3) is 0 Å². The minimum atomic E-state index is -1.23. The molecule has 0 fully saturated rings. The minimum absolute atomic E-state index is 0.0529. The number of aromatic carboxylic acids is 1. The number of ether oxygens (including phenoxy) is 3. The molecule has 0 saturated carbocycles. The molecule has 0 spiro atoms. The van der Waals surface area contributed by atoms with Gasteiger partial charge in [-0.15, -0.1) is 0 Å². The van der Waals surface area contributed by atoms with Crippen LogP contribution in [-0.4, -0.2) is 48.3 Å². The van der Waals surface area contributed by atoms with Gasteiger partial charge in [0.25, 0.3) is 0 Å². The number of hydrogen-bond acceptors (Lipinski definition) is 7. The molecule has 0 heterocycles. The quantitative estimate of drug-likeness (QED) is 0.309. The van der Waals surface area contributed by atoms with Crippen molar-refractivity contribution in [1.29, 1.82) is 0 Å². The van der Waals surface area contributed by atoms with Crippen LogP contribution in [0.1, 0.15) is 34.1 Å². The highest BCUT2D eigenvalue weighted by atomic mass is 16.6. The van der Waals surface area contributed by atoms with Crippen molar-refractivity contribution in [3.05, 3.63) is 48.0 Å². The molecule has 1 aromatic carbocycles. The average Bonchev–Trinajstić information content (AvgIpc) is 2.60. The van der Waals surface area contributed by atoms with Crippen molar-refractivity contribution in [3.63, 3.8) is 0 Å². The zero-order valence-electron chi connectivity index (χ0n) is 13.6. The zero-order valence-corrected chi connectivity index (χ0v) is 13.6. The molecule has 0 amide bonds. The first-order valence-corrected chi connectivity index (χ1v) is 7.36. The lowest BCUT2D eigenvalue weighted by atomic mass is 10.1. The smallest absolute Gasteiger partial charge is 0.347 e.